The first kappa shape index (κ1) is 17.2. The van der Waals surface area contributed by atoms with Gasteiger partial charge in [-0.1, -0.05) is 6.07 Å². The number of carbonyl (C=O) groups excluding carboxylic acids is 2. The highest BCUT2D eigenvalue weighted by Gasteiger charge is 2.23. The van der Waals surface area contributed by atoms with E-state index in [1.165, 1.54) is 6.08 Å². The molecule has 1 aliphatic heterocycles. The van der Waals surface area contributed by atoms with E-state index < -0.39 is 0 Å². The number of amides is 2. The molecule has 130 valence electrons. The average Bonchev–Trinajstić information content (AvgIpc) is 3.14. The number of anilines is 2. The van der Waals surface area contributed by atoms with Crippen LogP contribution in [0.1, 0.15) is 17.7 Å². The Morgan fingerprint density at radius 3 is 2.48 bits per heavy atom. The van der Waals surface area contributed by atoms with Gasteiger partial charge in [0.05, 0.1) is 0 Å². The maximum Gasteiger partial charge on any atom is 0.248 e. The molecule has 0 radical (unpaired) electrons. The Morgan fingerprint density at radius 1 is 1.16 bits per heavy atom. The maximum atomic E-state index is 11.9. The number of carbonyl (C=O) groups is 2. The summed E-state index contributed by atoms with van der Waals surface area (Å²) >= 11 is 1.59. The molecule has 0 unspecified atom stereocenters. The predicted molar refractivity (Wildman–Crippen MR) is 103 cm³/mol. The van der Waals surface area contributed by atoms with E-state index in [1.54, 1.807) is 17.4 Å². The molecule has 1 aliphatic rings. The topological polar surface area (TPSA) is 75.4 Å². The molecule has 1 fully saturated rings. The molecule has 0 spiro atoms. The zero-order chi connectivity index (χ0) is 17.6. The number of hydrogen-bond donors (Lipinski definition) is 2. The van der Waals surface area contributed by atoms with Gasteiger partial charge in [0.15, 0.2) is 0 Å². The monoisotopic (exact) mass is 355 g/mol. The summed E-state index contributed by atoms with van der Waals surface area (Å²) in [5.41, 5.74) is 7.22. The molecule has 0 aliphatic carbocycles. The van der Waals surface area contributed by atoms with Gasteiger partial charge in [-0.2, -0.15) is 0 Å². The summed E-state index contributed by atoms with van der Waals surface area (Å²) in [7, 11) is 0. The normalized spacial score (nSPS) is 15.4. The molecule has 1 aromatic carbocycles. The summed E-state index contributed by atoms with van der Waals surface area (Å²) in [4.78, 5) is 26.5. The number of nitrogens with zero attached hydrogens (tertiary/aromatic N) is 1. The average molecular weight is 355 g/mol. The van der Waals surface area contributed by atoms with Crippen LogP contribution in [0.25, 0.3) is 6.08 Å². The van der Waals surface area contributed by atoms with E-state index in [4.69, 9.17) is 5.73 Å². The van der Waals surface area contributed by atoms with Crippen LogP contribution in [-0.2, 0) is 9.59 Å². The lowest BCUT2D eigenvalue weighted by atomic mass is 9.96. The molecule has 2 amide bonds. The standard InChI is InChI=1S/C19H21N3O2S/c20-19(24)14-9-11-22(12-10-14)16-5-3-15(4-6-16)21-18(23)8-7-17-2-1-13-25-17/h1-8,13-14H,9-12H2,(H2,20,24)(H,21,23)/b8-7+. The van der Waals surface area contributed by atoms with Crippen molar-refractivity contribution in [1.29, 1.82) is 0 Å². The van der Waals surface area contributed by atoms with E-state index >= 15 is 0 Å². The van der Waals surface area contributed by atoms with Gasteiger partial charge in [0.2, 0.25) is 11.8 Å². The Balaban J connectivity index is 1.54. The molecule has 25 heavy (non-hydrogen) atoms. The number of hydrogen-bond acceptors (Lipinski definition) is 4. The molecule has 6 heteroatoms. The fourth-order valence-electron chi connectivity index (χ4n) is 2.91. The summed E-state index contributed by atoms with van der Waals surface area (Å²) in [5.74, 6) is -0.360. The van der Waals surface area contributed by atoms with Gasteiger partial charge in [-0.15, -0.1) is 11.3 Å². The van der Waals surface area contributed by atoms with Crippen molar-refractivity contribution in [3.05, 3.63) is 52.7 Å². The highest BCUT2D eigenvalue weighted by Crippen LogP contribution is 2.24. The third-order valence-corrected chi connectivity index (χ3v) is 5.18. The lowest BCUT2D eigenvalue weighted by Gasteiger charge is -2.32. The van der Waals surface area contributed by atoms with Crippen LogP contribution in [0.4, 0.5) is 11.4 Å². The van der Waals surface area contributed by atoms with E-state index in [1.807, 2.05) is 41.8 Å². The zero-order valence-corrected chi connectivity index (χ0v) is 14.7. The lowest BCUT2D eigenvalue weighted by molar-refractivity contribution is -0.122. The molecular weight excluding hydrogens is 334 g/mol. The highest BCUT2D eigenvalue weighted by atomic mass is 32.1. The number of rotatable bonds is 5. The van der Waals surface area contributed by atoms with Gasteiger partial charge >= 0.3 is 0 Å². The second-order valence-corrected chi connectivity index (χ2v) is 7.03. The number of nitrogens with two attached hydrogens (primary N) is 1. The van der Waals surface area contributed by atoms with E-state index in [0.29, 0.717) is 0 Å². The molecule has 1 aromatic heterocycles. The fourth-order valence-corrected chi connectivity index (χ4v) is 3.52. The van der Waals surface area contributed by atoms with Gasteiger partial charge in [-0.25, -0.2) is 0 Å². The van der Waals surface area contributed by atoms with Gasteiger partial charge in [0.1, 0.15) is 0 Å². The van der Waals surface area contributed by atoms with Gasteiger partial charge < -0.3 is 16.0 Å². The molecule has 0 bridgehead atoms. The van der Waals surface area contributed by atoms with Crippen LogP contribution in [0, 0.1) is 5.92 Å². The number of thiophene rings is 1. The van der Waals surface area contributed by atoms with Crippen LogP contribution in [-0.4, -0.2) is 24.9 Å². The third kappa shape index (κ3) is 4.70. The summed E-state index contributed by atoms with van der Waals surface area (Å²) in [6.45, 7) is 1.64. The van der Waals surface area contributed by atoms with Crippen molar-refractivity contribution in [1.82, 2.24) is 0 Å². The smallest absolute Gasteiger partial charge is 0.248 e. The van der Waals surface area contributed by atoms with Crippen molar-refractivity contribution in [3.63, 3.8) is 0 Å². The van der Waals surface area contributed by atoms with E-state index in [-0.39, 0.29) is 17.7 Å². The Labute approximate surface area is 151 Å². The predicted octanol–water partition coefficient (Wildman–Crippen LogP) is 3.10. The first-order chi connectivity index (χ1) is 12.1. The van der Waals surface area contributed by atoms with E-state index in [0.717, 1.165) is 42.2 Å². The molecule has 1 saturated heterocycles. The highest BCUT2D eigenvalue weighted by molar-refractivity contribution is 7.10. The van der Waals surface area contributed by atoms with Crippen molar-refractivity contribution in [2.24, 2.45) is 11.7 Å². The molecule has 2 aromatic rings. The second-order valence-electron chi connectivity index (χ2n) is 6.05. The number of primary amides is 1. The summed E-state index contributed by atoms with van der Waals surface area (Å²) in [6, 6.07) is 11.7. The Morgan fingerprint density at radius 2 is 1.88 bits per heavy atom. The first-order valence-electron chi connectivity index (χ1n) is 8.29. The Kier molecular flexibility index (Phi) is 5.50. The van der Waals surface area contributed by atoms with Crippen LogP contribution >= 0.6 is 11.3 Å². The minimum atomic E-state index is -0.201. The number of benzene rings is 1. The molecule has 0 saturated carbocycles. The summed E-state index contributed by atoms with van der Waals surface area (Å²) < 4.78 is 0. The molecule has 3 N–H and O–H groups in total. The summed E-state index contributed by atoms with van der Waals surface area (Å²) in [6.07, 6.45) is 4.92. The van der Waals surface area contributed by atoms with Crippen molar-refractivity contribution in [2.75, 3.05) is 23.3 Å². The molecule has 2 heterocycles. The molecular formula is C19H21N3O2S. The Hall–Kier alpha value is -2.60. The van der Waals surface area contributed by atoms with Crippen LogP contribution in [0.15, 0.2) is 47.9 Å². The van der Waals surface area contributed by atoms with Crippen molar-refractivity contribution < 1.29 is 9.59 Å². The fraction of sp³-hybridized carbons (Fsp3) is 0.263. The van der Waals surface area contributed by atoms with E-state index in [2.05, 4.69) is 10.2 Å². The quantitative estimate of drug-likeness (QED) is 0.809. The second kappa shape index (κ2) is 7.98. The largest absolute Gasteiger partial charge is 0.371 e. The molecule has 0 atom stereocenters. The summed E-state index contributed by atoms with van der Waals surface area (Å²) in [5, 5.41) is 4.83. The van der Waals surface area contributed by atoms with Crippen LogP contribution in [0.3, 0.4) is 0 Å². The van der Waals surface area contributed by atoms with Crippen molar-refractivity contribution >= 4 is 40.6 Å². The number of nitrogens with one attached hydrogen (secondary N) is 1. The van der Waals surface area contributed by atoms with Gasteiger partial charge in [0.25, 0.3) is 0 Å². The minimum Gasteiger partial charge on any atom is -0.371 e. The zero-order valence-electron chi connectivity index (χ0n) is 13.9. The van der Waals surface area contributed by atoms with Crippen LogP contribution in [0.2, 0.25) is 0 Å². The van der Waals surface area contributed by atoms with Gasteiger partial charge in [-0.3, -0.25) is 9.59 Å². The molecule has 3 rings (SSSR count). The van der Waals surface area contributed by atoms with Gasteiger partial charge in [-0.05, 0) is 54.6 Å². The van der Waals surface area contributed by atoms with Crippen molar-refractivity contribution in [2.45, 2.75) is 12.8 Å². The van der Waals surface area contributed by atoms with Crippen LogP contribution in [0.5, 0.6) is 0 Å². The Bertz CT molecular complexity index is 745. The minimum absolute atomic E-state index is 0.00931. The first-order valence-corrected chi connectivity index (χ1v) is 9.17. The van der Waals surface area contributed by atoms with Crippen molar-refractivity contribution in [3.8, 4) is 0 Å². The lowest BCUT2D eigenvalue weighted by Crippen LogP contribution is -2.38. The van der Waals surface area contributed by atoms with Gasteiger partial charge in [0, 0.05) is 41.3 Å². The molecule has 5 nitrogen and oxygen atoms in total. The number of piperidine rings is 1. The van der Waals surface area contributed by atoms with E-state index in [9.17, 15) is 9.59 Å². The SMILES string of the molecule is NC(=O)C1CCN(c2ccc(NC(=O)/C=C/c3cccs3)cc2)CC1. The maximum absolute atomic E-state index is 11.9. The third-order valence-electron chi connectivity index (χ3n) is 4.34. The van der Waals surface area contributed by atoms with Crippen LogP contribution < -0.4 is 16.0 Å².